The van der Waals surface area contributed by atoms with Crippen molar-refractivity contribution in [1.82, 2.24) is 4.90 Å². The van der Waals surface area contributed by atoms with Crippen molar-refractivity contribution in [2.24, 2.45) is 0 Å². The van der Waals surface area contributed by atoms with Gasteiger partial charge in [0.1, 0.15) is 5.75 Å². The van der Waals surface area contributed by atoms with E-state index in [0.717, 1.165) is 25.4 Å². The van der Waals surface area contributed by atoms with Crippen molar-refractivity contribution in [2.45, 2.75) is 32.5 Å². The Morgan fingerprint density at radius 2 is 1.38 bits per heavy atom. The molecule has 4 heteroatoms. The number of anilines is 2. The number of hydrogen-bond donors (Lipinski definition) is 0. The van der Waals surface area contributed by atoms with Crippen molar-refractivity contribution >= 4 is 11.4 Å². The molecule has 1 aliphatic heterocycles. The Kier molecular flexibility index (Phi) is 7.33. The normalized spacial score (nSPS) is 13.6. The van der Waals surface area contributed by atoms with Crippen molar-refractivity contribution < 1.29 is 4.74 Å². The summed E-state index contributed by atoms with van der Waals surface area (Å²) in [5, 5.41) is 0. The summed E-state index contributed by atoms with van der Waals surface area (Å²) in [6, 6.07) is 26.4. The van der Waals surface area contributed by atoms with Crippen LogP contribution in [0.3, 0.4) is 0 Å². The second kappa shape index (κ2) is 10.6. The lowest BCUT2D eigenvalue weighted by Gasteiger charge is -2.27. The molecule has 4 rings (SSSR count). The highest BCUT2D eigenvalue weighted by Crippen LogP contribution is 2.26. The van der Waals surface area contributed by atoms with Crippen LogP contribution in [-0.2, 0) is 19.6 Å². The average molecular weight is 430 g/mol. The lowest BCUT2D eigenvalue weighted by Crippen LogP contribution is -2.23. The molecule has 0 atom stereocenters. The van der Waals surface area contributed by atoms with Gasteiger partial charge in [0.15, 0.2) is 0 Å². The molecule has 1 aliphatic rings. The third kappa shape index (κ3) is 5.83. The Morgan fingerprint density at radius 1 is 0.750 bits per heavy atom. The van der Waals surface area contributed by atoms with Crippen molar-refractivity contribution in [3.05, 3.63) is 89.5 Å². The van der Waals surface area contributed by atoms with Gasteiger partial charge in [0.2, 0.25) is 0 Å². The van der Waals surface area contributed by atoms with E-state index in [0.29, 0.717) is 0 Å². The van der Waals surface area contributed by atoms with Gasteiger partial charge in [0.25, 0.3) is 0 Å². The molecule has 168 valence electrons. The van der Waals surface area contributed by atoms with Crippen molar-refractivity contribution in [3.63, 3.8) is 0 Å². The van der Waals surface area contributed by atoms with E-state index in [1.807, 2.05) is 6.07 Å². The molecule has 0 unspecified atom stereocenters. The van der Waals surface area contributed by atoms with Gasteiger partial charge in [-0.1, -0.05) is 36.4 Å². The predicted molar refractivity (Wildman–Crippen MR) is 135 cm³/mol. The molecule has 1 saturated heterocycles. The summed E-state index contributed by atoms with van der Waals surface area (Å²) in [4.78, 5) is 7.19. The van der Waals surface area contributed by atoms with Crippen LogP contribution in [0.15, 0.2) is 72.8 Å². The first-order valence-corrected chi connectivity index (χ1v) is 11.6. The molecule has 1 fully saturated rings. The van der Waals surface area contributed by atoms with Crippen LogP contribution in [0, 0.1) is 0 Å². The van der Waals surface area contributed by atoms with Gasteiger partial charge in [-0.25, -0.2) is 0 Å². The standard InChI is InChI=1S/C28H35N3O/c1-29(2)20-23-9-6-13-27(17-23)31(22-25-11-8-14-28(19-25)32-3)21-24-10-7-12-26(18-24)30-15-4-5-16-30/h6-14,17-19H,4-5,15-16,20-22H2,1-3H3. The summed E-state index contributed by atoms with van der Waals surface area (Å²) < 4.78 is 5.47. The van der Waals surface area contributed by atoms with Gasteiger partial charge in [-0.2, -0.15) is 0 Å². The van der Waals surface area contributed by atoms with E-state index >= 15 is 0 Å². The monoisotopic (exact) mass is 429 g/mol. The largest absolute Gasteiger partial charge is 0.497 e. The second-order valence-corrected chi connectivity index (χ2v) is 8.98. The summed E-state index contributed by atoms with van der Waals surface area (Å²) in [6.45, 7) is 4.97. The number of benzene rings is 3. The van der Waals surface area contributed by atoms with E-state index in [9.17, 15) is 0 Å². The van der Waals surface area contributed by atoms with Crippen LogP contribution < -0.4 is 14.5 Å². The van der Waals surface area contributed by atoms with Gasteiger partial charge in [0.05, 0.1) is 7.11 Å². The van der Waals surface area contributed by atoms with Crippen LogP contribution in [0.4, 0.5) is 11.4 Å². The fourth-order valence-corrected chi connectivity index (χ4v) is 4.49. The van der Waals surface area contributed by atoms with Gasteiger partial charge in [-0.3, -0.25) is 0 Å². The zero-order chi connectivity index (χ0) is 22.3. The first-order valence-electron chi connectivity index (χ1n) is 11.6. The third-order valence-electron chi connectivity index (χ3n) is 6.04. The number of methoxy groups -OCH3 is 1. The number of nitrogens with zero attached hydrogens (tertiary/aromatic N) is 3. The number of ether oxygens (including phenoxy) is 1. The van der Waals surface area contributed by atoms with Crippen LogP contribution in [0.5, 0.6) is 5.75 Å². The Labute approximate surface area is 193 Å². The minimum absolute atomic E-state index is 0.830. The van der Waals surface area contributed by atoms with E-state index in [1.54, 1.807) is 7.11 Å². The Hall–Kier alpha value is -2.98. The van der Waals surface area contributed by atoms with Gasteiger partial charge in [-0.05, 0) is 80.0 Å². The molecule has 0 aliphatic carbocycles. The van der Waals surface area contributed by atoms with Gasteiger partial charge in [-0.15, -0.1) is 0 Å². The quantitative estimate of drug-likeness (QED) is 0.443. The maximum absolute atomic E-state index is 5.47. The lowest BCUT2D eigenvalue weighted by molar-refractivity contribution is 0.402. The fraction of sp³-hybridized carbons (Fsp3) is 0.357. The molecule has 3 aromatic carbocycles. The maximum Gasteiger partial charge on any atom is 0.119 e. The number of hydrogen-bond acceptors (Lipinski definition) is 4. The van der Waals surface area contributed by atoms with Crippen LogP contribution in [0.2, 0.25) is 0 Å². The van der Waals surface area contributed by atoms with Crippen molar-refractivity contribution in [3.8, 4) is 5.75 Å². The first-order chi connectivity index (χ1) is 15.6. The van der Waals surface area contributed by atoms with Gasteiger partial charge < -0.3 is 19.4 Å². The van der Waals surface area contributed by atoms with E-state index < -0.39 is 0 Å². The van der Waals surface area contributed by atoms with E-state index in [4.69, 9.17) is 4.74 Å². The fourth-order valence-electron chi connectivity index (χ4n) is 4.49. The van der Waals surface area contributed by atoms with Crippen molar-refractivity contribution in [1.29, 1.82) is 0 Å². The topological polar surface area (TPSA) is 19.0 Å². The zero-order valence-electron chi connectivity index (χ0n) is 19.6. The van der Waals surface area contributed by atoms with E-state index in [1.165, 1.54) is 54.0 Å². The molecule has 0 amide bonds. The smallest absolute Gasteiger partial charge is 0.119 e. The summed E-state index contributed by atoms with van der Waals surface area (Å²) in [5.74, 6) is 0.903. The Balaban J connectivity index is 1.62. The molecule has 1 heterocycles. The molecule has 4 nitrogen and oxygen atoms in total. The van der Waals surface area contributed by atoms with Crippen LogP contribution in [0.1, 0.15) is 29.5 Å². The molecule has 0 saturated carbocycles. The Bertz CT molecular complexity index is 1010. The molecule has 0 radical (unpaired) electrons. The maximum atomic E-state index is 5.47. The highest BCUT2D eigenvalue weighted by molar-refractivity contribution is 5.53. The van der Waals surface area contributed by atoms with Gasteiger partial charge in [0, 0.05) is 44.1 Å². The molecule has 0 spiro atoms. The van der Waals surface area contributed by atoms with E-state index in [-0.39, 0.29) is 0 Å². The first kappa shape index (κ1) is 22.2. The second-order valence-electron chi connectivity index (χ2n) is 8.98. The summed E-state index contributed by atoms with van der Waals surface area (Å²) in [7, 11) is 5.96. The minimum Gasteiger partial charge on any atom is -0.497 e. The van der Waals surface area contributed by atoms with Crippen LogP contribution in [-0.4, -0.2) is 39.2 Å². The molecular weight excluding hydrogens is 394 g/mol. The SMILES string of the molecule is COc1cccc(CN(Cc2cccc(N3CCCC3)c2)c2cccc(CN(C)C)c2)c1. The third-order valence-corrected chi connectivity index (χ3v) is 6.04. The zero-order valence-corrected chi connectivity index (χ0v) is 19.6. The van der Waals surface area contributed by atoms with E-state index in [2.05, 4.69) is 95.5 Å². The average Bonchev–Trinajstić information content (AvgIpc) is 3.34. The molecule has 0 N–H and O–H groups in total. The van der Waals surface area contributed by atoms with Crippen molar-refractivity contribution in [2.75, 3.05) is 44.1 Å². The van der Waals surface area contributed by atoms with Crippen LogP contribution >= 0.6 is 0 Å². The number of rotatable bonds is 9. The summed E-state index contributed by atoms with van der Waals surface area (Å²) >= 11 is 0. The molecule has 0 aromatic heterocycles. The molecule has 0 bridgehead atoms. The highest BCUT2D eigenvalue weighted by atomic mass is 16.5. The Morgan fingerprint density at radius 3 is 2.06 bits per heavy atom. The summed E-state index contributed by atoms with van der Waals surface area (Å²) in [5.41, 5.74) is 6.52. The summed E-state index contributed by atoms with van der Waals surface area (Å²) in [6.07, 6.45) is 2.59. The molecule has 32 heavy (non-hydrogen) atoms. The minimum atomic E-state index is 0.830. The van der Waals surface area contributed by atoms with Crippen LogP contribution in [0.25, 0.3) is 0 Å². The lowest BCUT2D eigenvalue weighted by atomic mass is 10.1. The molecule has 3 aromatic rings. The molecular formula is C28H35N3O. The predicted octanol–water partition coefficient (Wildman–Crippen LogP) is 5.56. The van der Waals surface area contributed by atoms with Gasteiger partial charge >= 0.3 is 0 Å². The highest BCUT2D eigenvalue weighted by Gasteiger charge is 2.14.